The number of carbonyl (C=O) groups excluding carboxylic acids is 2. The lowest BCUT2D eigenvalue weighted by Gasteiger charge is -2.40. The molecule has 0 N–H and O–H groups in total. The molecule has 0 aromatic carbocycles. The first-order valence-electron chi connectivity index (χ1n) is 3.78. The normalized spacial score (nSPS) is 26.4. The number of piperidine rings is 1. The highest BCUT2D eigenvalue weighted by Gasteiger charge is 2.85. The van der Waals surface area contributed by atoms with Crippen molar-refractivity contribution in [1.29, 1.82) is 0 Å². The first-order chi connectivity index (χ1) is 7.69. The summed E-state index contributed by atoms with van der Waals surface area (Å²) in [7, 11) is 0. The second kappa shape index (κ2) is 3.29. The molecule has 18 heavy (non-hydrogen) atoms. The van der Waals surface area contributed by atoms with E-state index < -0.39 is 40.8 Å². The lowest BCUT2D eigenvalue weighted by molar-refractivity contribution is -0.330. The Morgan fingerprint density at radius 3 is 1.28 bits per heavy atom. The van der Waals surface area contributed by atoms with Gasteiger partial charge in [-0.2, -0.15) is 31.2 Å². The zero-order valence-electron chi connectivity index (χ0n) is 7.67. The lowest BCUT2D eigenvalue weighted by Crippen LogP contribution is -2.74. The average Bonchev–Trinajstić information content (AvgIpc) is 2.13. The van der Waals surface area contributed by atoms with Crippen LogP contribution in [0.1, 0.15) is 0 Å². The summed E-state index contributed by atoms with van der Waals surface area (Å²) in [6, 6.07) is 0. The minimum atomic E-state index is -6.55. The van der Waals surface area contributed by atoms with Gasteiger partial charge >= 0.3 is 35.9 Å². The number of carbonyl (C=O) groups is 2. The fraction of sp³-hybridized carbons (Fsp3) is 0.667. The summed E-state index contributed by atoms with van der Waals surface area (Å²) in [5, 5.41) is 0. The van der Waals surface area contributed by atoms with Gasteiger partial charge in [0.2, 0.25) is 0 Å². The Balaban J connectivity index is 3.51. The number of imide groups is 1. The summed E-state index contributed by atoms with van der Waals surface area (Å²) in [5.74, 6) is -26.8. The fourth-order valence-electron chi connectivity index (χ4n) is 1.07. The molecule has 0 atom stereocenters. The van der Waals surface area contributed by atoms with Crippen molar-refractivity contribution in [3.05, 3.63) is 0 Å². The molecule has 0 saturated carbocycles. The Hall–Kier alpha value is -1.49. The first-order valence-corrected chi connectivity index (χ1v) is 3.78. The predicted molar refractivity (Wildman–Crippen MR) is 32.7 cm³/mol. The van der Waals surface area contributed by atoms with Crippen LogP contribution >= 0.6 is 0 Å². The lowest BCUT2D eigenvalue weighted by atomic mass is 9.97. The van der Waals surface area contributed by atoms with Gasteiger partial charge in [-0.25, -0.2) is 0 Å². The molecule has 0 aliphatic carbocycles. The first kappa shape index (κ1) is 14.6. The highest BCUT2D eigenvalue weighted by atomic mass is 19.4. The number of halogens is 9. The summed E-state index contributed by atoms with van der Waals surface area (Å²) >= 11 is 0. The van der Waals surface area contributed by atoms with Gasteiger partial charge in [-0.3, -0.25) is 9.59 Å². The molecule has 3 nitrogen and oxygen atoms in total. The third-order valence-electron chi connectivity index (χ3n) is 1.99. The van der Waals surface area contributed by atoms with E-state index in [0.29, 0.717) is 0 Å². The number of nitrogens with zero attached hydrogens (tertiary/aromatic N) is 1. The maximum absolute atomic E-state index is 12.6. The average molecular weight is 289 g/mol. The Bertz CT molecular complexity index is 382. The molecule has 1 heterocycles. The van der Waals surface area contributed by atoms with Crippen LogP contribution in [-0.4, -0.2) is 40.8 Å². The Labute approximate surface area is 91.1 Å². The summed E-state index contributed by atoms with van der Waals surface area (Å²) in [4.78, 5) is 18.3. The second-order valence-electron chi connectivity index (χ2n) is 3.14. The molecular formula is C6F9NO2. The van der Waals surface area contributed by atoms with Crippen molar-refractivity contribution in [2.75, 3.05) is 0 Å². The van der Waals surface area contributed by atoms with Gasteiger partial charge in [-0.1, -0.05) is 0 Å². The van der Waals surface area contributed by atoms with Crippen molar-refractivity contribution in [2.24, 2.45) is 0 Å². The number of amides is 2. The monoisotopic (exact) mass is 289 g/mol. The summed E-state index contributed by atoms with van der Waals surface area (Å²) in [6.07, 6.45) is -6.27. The third-order valence-corrected chi connectivity index (χ3v) is 1.99. The van der Waals surface area contributed by atoms with Gasteiger partial charge in [0.25, 0.3) is 0 Å². The third kappa shape index (κ3) is 1.47. The van der Waals surface area contributed by atoms with E-state index in [-0.39, 0.29) is 0 Å². The van der Waals surface area contributed by atoms with Crippen molar-refractivity contribution >= 4 is 11.8 Å². The van der Waals surface area contributed by atoms with Gasteiger partial charge in [-0.05, 0) is 0 Å². The van der Waals surface area contributed by atoms with E-state index in [1.165, 1.54) is 0 Å². The van der Waals surface area contributed by atoms with Gasteiger partial charge in [0, 0.05) is 0 Å². The van der Waals surface area contributed by atoms with Crippen LogP contribution in [0.4, 0.5) is 39.5 Å². The van der Waals surface area contributed by atoms with Crippen LogP contribution in [0.25, 0.3) is 0 Å². The molecule has 1 rings (SSSR count). The zero-order chi connectivity index (χ0) is 14.7. The van der Waals surface area contributed by atoms with Gasteiger partial charge in [-0.15, -0.1) is 13.2 Å². The molecule has 1 fully saturated rings. The number of hydrogen-bond donors (Lipinski definition) is 0. The molecule has 12 heteroatoms. The molecule has 0 radical (unpaired) electrons. The molecule has 1 aliphatic rings. The summed E-state index contributed by atoms with van der Waals surface area (Å²) < 4.78 is 111. The van der Waals surface area contributed by atoms with E-state index in [1.807, 2.05) is 0 Å². The number of rotatable bonds is 0. The van der Waals surface area contributed by atoms with Crippen LogP contribution in [0, 0.1) is 0 Å². The molecule has 0 bridgehead atoms. The molecule has 0 spiro atoms. The van der Waals surface area contributed by atoms with Crippen molar-refractivity contribution < 1.29 is 49.1 Å². The standard InChI is InChI=1S/C6F9NO2/c7-3(8)1(17)16(6(13,14)15)2(18)4(9,10)5(3,11)12. The van der Waals surface area contributed by atoms with Crippen LogP contribution in [0.5, 0.6) is 0 Å². The Kier molecular flexibility index (Phi) is 2.66. The minimum Gasteiger partial charge on any atom is -0.267 e. The summed E-state index contributed by atoms with van der Waals surface area (Å²) in [6.45, 7) is 0. The highest BCUT2D eigenvalue weighted by Crippen LogP contribution is 2.52. The number of hydrogen-bond acceptors (Lipinski definition) is 2. The predicted octanol–water partition coefficient (Wildman–Crippen LogP) is 1.78. The van der Waals surface area contributed by atoms with E-state index in [1.54, 1.807) is 0 Å². The van der Waals surface area contributed by atoms with Crippen molar-refractivity contribution in [3.63, 3.8) is 0 Å². The van der Waals surface area contributed by atoms with E-state index in [0.717, 1.165) is 0 Å². The van der Waals surface area contributed by atoms with Gasteiger partial charge in [0.05, 0.1) is 0 Å². The van der Waals surface area contributed by atoms with E-state index in [9.17, 15) is 49.1 Å². The SMILES string of the molecule is O=C1N(C(F)(F)F)C(=O)C(F)(F)C(F)(F)C1(F)F. The second-order valence-corrected chi connectivity index (χ2v) is 3.14. The van der Waals surface area contributed by atoms with Crippen LogP contribution in [0.15, 0.2) is 0 Å². The largest absolute Gasteiger partial charge is 0.494 e. The van der Waals surface area contributed by atoms with E-state index in [4.69, 9.17) is 0 Å². The highest BCUT2D eigenvalue weighted by molar-refractivity contribution is 6.06. The van der Waals surface area contributed by atoms with Crippen molar-refractivity contribution in [2.45, 2.75) is 24.1 Å². The summed E-state index contributed by atoms with van der Waals surface area (Å²) in [5.41, 5.74) is 0. The molecule has 2 amide bonds. The zero-order valence-corrected chi connectivity index (χ0v) is 7.67. The molecule has 0 aromatic rings. The Morgan fingerprint density at radius 1 is 0.778 bits per heavy atom. The molecule has 104 valence electrons. The van der Waals surface area contributed by atoms with Crippen molar-refractivity contribution in [1.82, 2.24) is 4.90 Å². The number of alkyl halides is 9. The van der Waals surface area contributed by atoms with Gasteiger partial charge in [0.1, 0.15) is 0 Å². The quantitative estimate of drug-likeness (QED) is 0.387. The van der Waals surface area contributed by atoms with Crippen LogP contribution < -0.4 is 0 Å². The fourth-order valence-corrected chi connectivity index (χ4v) is 1.07. The molecule has 1 aliphatic heterocycles. The maximum Gasteiger partial charge on any atom is 0.494 e. The van der Waals surface area contributed by atoms with Crippen LogP contribution in [0.2, 0.25) is 0 Å². The minimum absolute atomic E-state index is 2.52. The van der Waals surface area contributed by atoms with E-state index >= 15 is 0 Å². The van der Waals surface area contributed by atoms with Crippen molar-refractivity contribution in [3.8, 4) is 0 Å². The van der Waals surface area contributed by atoms with Gasteiger partial charge in [0.15, 0.2) is 0 Å². The molecular weight excluding hydrogens is 289 g/mol. The number of likely N-dealkylation sites (tertiary alicyclic amines) is 1. The van der Waals surface area contributed by atoms with E-state index in [2.05, 4.69) is 0 Å². The Morgan fingerprint density at radius 2 is 1.06 bits per heavy atom. The van der Waals surface area contributed by atoms with Crippen LogP contribution in [-0.2, 0) is 9.59 Å². The van der Waals surface area contributed by atoms with Crippen LogP contribution in [0.3, 0.4) is 0 Å². The topological polar surface area (TPSA) is 37.4 Å². The molecule has 1 saturated heterocycles. The maximum atomic E-state index is 12.6. The molecule has 0 unspecified atom stereocenters. The van der Waals surface area contributed by atoms with Gasteiger partial charge < -0.3 is 0 Å². The smallest absolute Gasteiger partial charge is 0.267 e. The molecule has 0 aromatic heterocycles.